The first kappa shape index (κ1) is 19.8. The SMILES string of the molecule is CC=CCn1c(=O)c2c(nc3n2CCCN3c2cc(OC)ccc2OC)n(C)c1=O. The number of hydrogen-bond donors (Lipinski definition) is 0. The van der Waals surface area contributed by atoms with E-state index in [9.17, 15) is 9.59 Å². The van der Waals surface area contributed by atoms with Crippen LogP contribution in [0.2, 0.25) is 0 Å². The second-order valence-corrected chi connectivity index (χ2v) is 7.11. The van der Waals surface area contributed by atoms with Crippen LogP contribution in [0, 0.1) is 0 Å². The molecule has 9 nitrogen and oxygen atoms in total. The van der Waals surface area contributed by atoms with Gasteiger partial charge in [-0.2, -0.15) is 4.98 Å². The van der Waals surface area contributed by atoms with Crippen LogP contribution in [-0.2, 0) is 20.1 Å². The van der Waals surface area contributed by atoms with E-state index >= 15 is 0 Å². The Morgan fingerprint density at radius 2 is 1.97 bits per heavy atom. The van der Waals surface area contributed by atoms with Crippen LogP contribution in [0.1, 0.15) is 13.3 Å². The summed E-state index contributed by atoms with van der Waals surface area (Å²) >= 11 is 0. The maximum atomic E-state index is 13.2. The summed E-state index contributed by atoms with van der Waals surface area (Å²) in [5.41, 5.74) is 0.900. The monoisotopic (exact) mass is 411 g/mol. The number of anilines is 2. The van der Waals surface area contributed by atoms with Gasteiger partial charge in [-0.3, -0.25) is 13.9 Å². The summed E-state index contributed by atoms with van der Waals surface area (Å²) < 4.78 is 15.5. The summed E-state index contributed by atoms with van der Waals surface area (Å²) in [6.45, 7) is 3.43. The summed E-state index contributed by atoms with van der Waals surface area (Å²) in [4.78, 5) is 32.7. The van der Waals surface area contributed by atoms with Gasteiger partial charge in [-0.1, -0.05) is 12.2 Å². The van der Waals surface area contributed by atoms with E-state index in [1.807, 2.05) is 40.7 Å². The lowest BCUT2D eigenvalue weighted by molar-refractivity contribution is 0.403. The quantitative estimate of drug-likeness (QED) is 0.598. The molecule has 0 unspecified atom stereocenters. The third-order valence-electron chi connectivity index (χ3n) is 5.42. The molecular weight excluding hydrogens is 386 g/mol. The van der Waals surface area contributed by atoms with Crippen LogP contribution in [0.3, 0.4) is 0 Å². The van der Waals surface area contributed by atoms with Crippen LogP contribution in [0.5, 0.6) is 11.5 Å². The Kier molecular flexibility index (Phi) is 5.11. The van der Waals surface area contributed by atoms with E-state index in [0.717, 1.165) is 12.1 Å². The molecule has 4 rings (SSSR count). The Morgan fingerprint density at radius 3 is 2.67 bits per heavy atom. The highest BCUT2D eigenvalue weighted by molar-refractivity contribution is 5.78. The number of aromatic nitrogens is 4. The molecule has 3 heterocycles. The van der Waals surface area contributed by atoms with Gasteiger partial charge in [-0.15, -0.1) is 0 Å². The minimum Gasteiger partial charge on any atom is -0.497 e. The van der Waals surface area contributed by atoms with E-state index in [0.29, 0.717) is 41.7 Å². The molecule has 0 saturated carbocycles. The fraction of sp³-hybridized carbons (Fsp3) is 0.381. The lowest BCUT2D eigenvalue weighted by Gasteiger charge is -2.30. The number of aryl methyl sites for hydroxylation is 2. The first-order valence-electron chi connectivity index (χ1n) is 9.82. The van der Waals surface area contributed by atoms with Crippen molar-refractivity contribution in [2.24, 2.45) is 7.05 Å². The van der Waals surface area contributed by atoms with Crippen LogP contribution < -0.4 is 25.6 Å². The average Bonchev–Trinajstić information content (AvgIpc) is 3.17. The number of methoxy groups -OCH3 is 2. The lowest BCUT2D eigenvalue weighted by atomic mass is 10.2. The Hall–Kier alpha value is -3.49. The number of fused-ring (bicyclic) bond motifs is 3. The van der Waals surface area contributed by atoms with E-state index in [4.69, 9.17) is 14.5 Å². The van der Waals surface area contributed by atoms with E-state index in [2.05, 4.69) is 0 Å². The molecule has 0 saturated heterocycles. The van der Waals surface area contributed by atoms with Gasteiger partial charge in [0.05, 0.1) is 19.9 Å². The second-order valence-electron chi connectivity index (χ2n) is 7.11. The Balaban J connectivity index is 1.98. The summed E-state index contributed by atoms with van der Waals surface area (Å²) in [5.74, 6) is 1.98. The van der Waals surface area contributed by atoms with Crippen LogP contribution >= 0.6 is 0 Å². The Bertz CT molecular complexity index is 1250. The van der Waals surface area contributed by atoms with Crippen molar-refractivity contribution >= 4 is 22.8 Å². The normalized spacial score (nSPS) is 13.8. The number of ether oxygens (including phenoxy) is 2. The van der Waals surface area contributed by atoms with Gasteiger partial charge >= 0.3 is 5.69 Å². The highest BCUT2D eigenvalue weighted by Crippen LogP contribution is 2.38. The maximum absolute atomic E-state index is 13.2. The van der Waals surface area contributed by atoms with E-state index in [1.54, 1.807) is 27.3 Å². The van der Waals surface area contributed by atoms with Gasteiger partial charge in [0.25, 0.3) is 5.56 Å². The maximum Gasteiger partial charge on any atom is 0.332 e. The molecular formula is C21H25N5O4. The third kappa shape index (κ3) is 2.97. The molecule has 1 aromatic carbocycles. The zero-order chi connectivity index (χ0) is 21.4. The van der Waals surface area contributed by atoms with Gasteiger partial charge in [0.1, 0.15) is 11.5 Å². The molecule has 0 radical (unpaired) electrons. The standard InChI is InChI=1S/C21H25N5O4/c1-5-6-10-26-19(27)17-18(23(2)21(26)28)22-20-24(11-7-12-25(17)20)15-13-14(29-3)8-9-16(15)30-4/h5-6,8-9,13H,7,10-12H2,1-4H3. The molecule has 0 spiro atoms. The molecule has 30 heavy (non-hydrogen) atoms. The zero-order valence-electron chi connectivity index (χ0n) is 17.6. The van der Waals surface area contributed by atoms with Crippen LogP contribution in [0.15, 0.2) is 39.9 Å². The summed E-state index contributed by atoms with van der Waals surface area (Å²) in [5, 5.41) is 0. The summed E-state index contributed by atoms with van der Waals surface area (Å²) in [6.07, 6.45) is 4.42. The largest absolute Gasteiger partial charge is 0.497 e. The van der Waals surface area contributed by atoms with Crippen molar-refractivity contribution in [3.63, 3.8) is 0 Å². The van der Waals surface area contributed by atoms with E-state index in [1.165, 1.54) is 9.13 Å². The topological polar surface area (TPSA) is 83.5 Å². The minimum atomic E-state index is -0.383. The number of hydrogen-bond acceptors (Lipinski definition) is 6. The van der Waals surface area contributed by atoms with Gasteiger partial charge in [-0.05, 0) is 25.5 Å². The first-order chi connectivity index (χ1) is 14.5. The molecule has 0 atom stereocenters. The van der Waals surface area contributed by atoms with Crippen molar-refractivity contribution in [2.45, 2.75) is 26.4 Å². The van der Waals surface area contributed by atoms with Crippen molar-refractivity contribution < 1.29 is 9.47 Å². The van der Waals surface area contributed by atoms with Crippen LogP contribution in [0.25, 0.3) is 11.2 Å². The molecule has 0 fully saturated rings. The number of rotatable bonds is 5. The summed E-state index contributed by atoms with van der Waals surface area (Å²) in [6, 6.07) is 5.56. The Morgan fingerprint density at radius 1 is 1.17 bits per heavy atom. The molecule has 1 aliphatic heterocycles. The highest BCUT2D eigenvalue weighted by atomic mass is 16.5. The molecule has 0 bridgehead atoms. The molecule has 9 heteroatoms. The lowest BCUT2D eigenvalue weighted by Crippen LogP contribution is -2.39. The molecule has 1 aliphatic rings. The van der Waals surface area contributed by atoms with Crippen LogP contribution in [0.4, 0.5) is 11.6 Å². The average molecular weight is 411 g/mol. The smallest absolute Gasteiger partial charge is 0.332 e. The Labute approximate surface area is 173 Å². The molecule has 3 aromatic rings. The van der Waals surface area contributed by atoms with Crippen molar-refractivity contribution in [3.8, 4) is 11.5 Å². The molecule has 0 amide bonds. The molecule has 2 aromatic heterocycles. The first-order valence-corrected chi connectivity index (χ1v) is 9.82. The van der Waals surface area contributed by atoms with Gasteiger partial charge in [0.2, 0.25) is 5.95 Å². The number of imidazole rings is 1. The highest BCUT2D eigenvalue weighted by Gasteiger charge is 2.28. The zero-order valence-corrected chi connectivity index (χ0v) is 17.6. The van der Waals surface area contributed by atoms with Crippen LogP contribution in [-0.4, -0.2) is 39.4 Å². The van der Waals surface area contributed by atoms with E-state index in [-0.39, 0.29) is 17.8 Å². The fourth-order valence-electron chi connectivity index (χ4n) is 3.87. The fourth-order valence-corrected chi connectivity index (χ4v) is 3.87. The van der Waals surface area contributed by atoms with Crippen molar-refractivity contribution in [1.29, 1.82) is 0 Å². The van der Waals surface area contributed by atoms with Gasteiger partial charge < -0.3 is 18.9 Å². The van der Waals surface area contributed by atoms with Crippen molar-refractivity contribution in [3.05, 3.63) is 51.2 Å². The predicted molar refractivity (Wildman–Crippen MR) is 115 cm³/mol. The van der Waals surface area contributed by atoms with Crippen molar-refractivity contribution in [1.82, 2.24) is 18.7 Å². The van der Waals surface area contributed by atoms with Gasteiger partial charge in [-0.25, -0.2) is 4.79 Å². The second kappa shape index (κ2) is 7.74. The summed E-state index contributed by atoms with van der Waals surface area (Å²) in [7, 11) is 4.87. The molecule has 158 valence electrons. The number of nitrogens with zero attached hydrogens (tertiary/aromatic N) is 5. The number of benzene rings is 1. The van der Waals surface area contributed by atoms with Gasteiger partial charge in [0, 0.05) is 32.7 Å². The number of allylic oxidation sites excluding steroid dienone is 2. The third-order valence-corrected chi connectivity index (χ3v) is 5.42. The predicted octanol–water partition coefficient (Wildman–Crippen LogP) is 2.03. The van der Waals surface area contributed by atoms with E-state index < -0.39 is 0 Å². The van der Waals surface area contributed by atoms with Crippen molar-refractivity contribution in [2.75, 3.05) is 25.7 Å². The van der Waals surface area contributed by atoms with Gasteiger partial charge in [0.15, 0.2) is 11.2 Å². The minimum absolute atomic E-state index is 0.228. The molecule has 0 aliphatic carbocycles. The molecule has 0 N–H and O–H groups in total.